The summed E-state index contributed by atoms with van der Waals surface area (Å²) in [4.78, 5) is 4.28. The number of rotatable bonds is 3. The highest BCUT2D eigenvalue weighted by molar-refractivity contribution is 7.92. The zero-order chi connectivity index (χ0) is 11.8. The van der Waals surface area contributed by atoms with Gasteiger partial charge in [-0.2, -0.15) is 0 Å². The molecule has 0 amide bonds. The molecule has 1 N–H and O–H groups in total. The molecule has 1 atom stereocenters. The Bertz CT molecular complexity index is 478. The first-order valence-electron chi connectivity index (χ1n) is 5.46. The van der Waals surface area contributed by atoms with Crippen molar-refractivity contribution in [1.82, 2.24) is 9.55 Å². The van der Waals surface area contributed by atoms with E-state index < -0.39 is 9.84 Å². The van der Waals surface area contributed by atoms with Crippen LogP contribution in [0.25, 0.3) is 0 Å². The van der Waals surface area contributed by atoms with E-state index in [4.69, 9.17) is 0 Å². The molecule has 6 heteroatoms. The van der Waals surface area contributed by atoms with Gasteiger partial charge in [-0.05, 0) is 19.8 Å². The van der Waals surface area contributed by atoms with E-state index >= 15 is 0 Å². The highest BCUT2D eigenvalue weighted by Gasteiger charge is 2.31. The van der Waals surface area contributed by atoms with E-state index in [-0.39, 0.29) is 5.25 Å². The largest absolute Gasteiger partial charge is 0.359 e. The Morgan fingerprint density at radius 1 is 1.62 bits per heavy atom. The van der Waals surface area contributed by atoms with Gasteiger partial charge in [0.1, 0.15) is 0 Å². The molecular weight excluding hydrogens is 226 g/mol. The number of imidazole rings is 1. The molecule has 1 aromatic heterocycles. The first-order chi connectivity index (χ1) is 7.53. The Kier molecular flexibility index (Phi) is 2.92. The summed E-state index contributed by atoms with van der Waals surface area (Å²) >= 11 is 0. The van der Waals surface area contributed by atoms with Crippen LogP contribution in [0.2, 0.25) is 0 Å². The lowest BCUT2D eigenvalue weighted by molar-refractivity contribution is 0.567. The number of aromatic nitrogens is 2. The molecule has 16 heavy (non-hydrogen) atoms. The monoisotopic (exact) mass is 243 g/mol. The third-order valence-corrected chi connectivity index (χ3v) is 5.24. The van der Waals surface area contributed by atoms with Gasteiger partial charge in [0.05, 0.1) is 16.7 Å². The van der Waals surface area contributed by atoms with Gasteiger partial charge in [-0.3, -0.25) is 0 Å². The molecule has 5 nitrogen and oxygen atoms in total. The minimum absolute atomic E-state index is 0.242. The van der Waals surface area contributed by atoms with Crippen LogP contribution in [-0.4, -0.2) is 36.0 Å². The van der Waals surface area contributed by atoms with Crippen molar-refractivity contribution in [2.24, 2.45) is 0 Å². The Morgan fingerprint density at radius 2 is 2.38 bits per heavy atom. The maximum Gasteiger partial charge on any atom is 0.202 e. The van der Waals surface area contributed by atoms with Gasteiger partial charge in [0.25, 0.3) is 0 Å². The van der Waals surface area contributed by atoms with Crippen molar-refractivity contribution in [3.05, 3.63) is 11.9 Å². The first-order valence-corrected chi connectivity index (χ1v) is 7.17. The fraction of sp³-hybridized carbons (Fsp3) is 0.700. The highest BCUT2D eigenvalue weighted by atomic mass is 32.2. The van der Waals surface area contributed by atoms with Gasteiger partial charge < -0.3 is 9.88 Å². The molecule has 0 bridgehead atoms. The van der Waals surface area contributed by atoms with Crippen LogP contribution in [0.5, 0.6) is 0 Å². The summed E-state index contributed by atoms with van der Waals surface area (Å²) in [7, 11) is -1.08. The lowest BCUT2D eigenvalue weighted by Crippen LogP contribution is -2.22. The van der Waals surface area contributed by atoms with Gasteiger partial charge in [0, 0.05) is 19.8 Å². The van der Waals surface area contributed by atoms with Crippen molar-refractivity contribution in [2.75, 3.05) is 18.1 Å². The molecule has 2 rings (SSSR count). The average Bonchev–Trinajstić information content (AvgIpc) is 2.71. The zero-order valence-corrected chi connectivity index (χ0v) is 10.4. The van der Waals surface area contributed by atoms with E-state index in [2.05, 4.69) is 10.3 Å². The molecule has 1 saturated heterocycles. The number of nitrogens with zero attached hydrogens (tertiary/aromatic N) is 2. The second kappa shape index (κ2) is 4.08. The molecule has 0 aromatic carbocycles. The molecule has 1 aliphatic rings. The molecule has 1 aromatic rings. The van der Waals surface area contributed by atoms with Crippen LogP contribution < -0.4 is 5.32 Å². The normalized spacial score (nSPS) is 23.5. The first kappa shape index (κ1) is 11.4. The SMILES string of the molecule is CNc1nc(C)cn1CC1CCCS1(=O)=O. The van der Waals surface area contributed by atoms with Crippen molar-refractivity contribution in [3.8, 4) is 0 Å². The van der Waals surface area contributed by atoms with Gasteiger partial charge in [-0.25, -0.2) is 13.4 Å². The lowest BCUT2D eigenvalue weighted by atomic mass is 10.2. The molecule has 0 radical (unpaired) electrons. The van der Waals surface area contributed by atoms with E-state index in [9.17, 15) is 8.42 Å². The predicted octanol–water partition coefficient (Wildman–Crippen LogP) is 0.810. The number of sulfone groups is 1. The summed E-state index contributed by atoms with van der Waals surface area (Å²) in [6, 6.07) is 0. The second-order valence-corrected chi connectivity index (χ2v) is 6.64. The maximum absolute atomic E-state index is 11.7. The summed E-state index contributed by atoms with van der Waals surface area (Å²) in [5.74, 6) is 1.07. The van der Waals surface area contributed by atoms with E-state index in [1.54, 1.807) is 7.05 Å². The number of hydrogen-bond donors (Lipinski definition) is 1. The van der Waals surface area contributed by atoms with Gasteiger partial charge >= 0.3 is 0 Å². The molecule has 90 valence electrons. The standard InChI is InChI=1S/C10H17N3O2S/c1-8-6-13(10(11-2)12-8)7-9-4-3-5-16(9,14)15/h6,9H,3-5,7H2,1-2H3,(H,11,12). The van der Waals surface area contributed by atoms with Crippen LogP contribution in [0.1, 0.15) is 18.5 Å². The Balaban J connectivity index is 2.20. The van der Waals surface area contributed by atoms with Crippen molar-refractivity contribution in [2.45, 2.75) is 31.6 Å². The topological polar surface area (TPSA) is 64.0 Å². The molecule has 0 aliphatic carbocycles. The van der Waals surface area contributed by atoms with Crippen molar-refractivity contribution in [1.29, 1.82) is 0 Å². The molecule has 2 heterocycles. The van der Waals surface area contributed by atoms with Crippen LogP contribution in [0.4, 0.5) is 5.95 Å². The maximum atomic E-state index is 11.7. The minimum atomic E-state index is -2.88. The highest BCUT2D eigenvalue weighted by Crippen LogP contribution is 2.23. The fourth-order valence-corrected chi connectivity index (χ4v) is 3.98. The summed E-state index contributed by atoms with van der Waals surface area (Å²) in [6.07, 6.45) is 3.44. The molecule has 1 unspecified atom stereocenters. The lowest BCUT2D eigenvalue weighted by Gasteiger charge is -2.12. The second-order valence-electron chi connectivity index (χ2n) is 4.24. The van der Waals surface area contributed by atoms with Crippen molar-refractivity contribution >= 4 is 15.8 Å². The number of nitrogens with one attached hydrogen (secondary N) is 1. The summed E-state index contributed by atoms with van der Waals surface area (Å²) in [5.41, 5.74) is 0.903. The average molecular weight is 243 g/mol. The number of hydrogen-bond acceptors (Lipinski definition) is 4. The summed E-state index contributed by atoms with van der Waals surface area (Å²) in [5, 5.41) is 2.73. The summed E-state index contributed by atoms with van der Waals surface area (Å²) in [6.45, 7) is 2.42. The smallest absolute Gasteiger partial charge is 0.202 e. The summed E-state index contributed by atoms with van der Waals surface area (Å²) < 4.78 is 25.3. The third-order valence-electron chi connectivity index (χ3n) is 2.98. The van der Waals surface area contributed by atoms with E-state index in [1.165, 1.54) is 0 Å². The Labute approximate surface area is 95.8 Å². The van der Waals surface area contributed by atoms with Gasteiger partial charge in [0.2, 0.25) is 5.95 Å². The number of anilines is 1. The molecule has 0 saturated carbocycles. The van der Waals surface area contributed by atoms with Crippen LogP contribution >= 0.6 is 0 Å². The zero-order valence-electron chi connectivity index (χ0n) is 9.60. The molecular formula is C10H17N3O2S. The van der Waals surface area contributed by atoms with Crippen molar-refractivity contribution < 1.29 is 8.42 Å². The van der Waals surface area contributed by atoms with E-state index in [1.807, 2.05) is 17.7 Å². The fourth-order valence-electron chi connectivity index (χ4n) is 2.17. The van der Waals surface area contributed by atoms with Gasteiger partial charge in [-0.15, -0.1) is 0 Å². The van der Waals surface area contributed by atoms with Crippen LogP contribution in [-0.2, 0) is 16.4 Å². The van der Waals surface area contributed by atoms with Gasteiger partial charge in [0.15, 0.2) is 9.84 Å². The van der Waals surface area contributed by atoms with E-state index in [0.717, 1.165) is 24.5 Å². The van der Waals surface area contributed by atoms with E-state index in [0.29, 0.717) is 12.3 Å². The number of aryl methyl sites for hydroxylation is 1. The third kappa shape index (κ3) is 2.07. The van der Waals surface area contributed by atoms with Crippen LogP contribution in [0, 0.1) is 6.92 Å². The Hall–Kier alpha value is -1.04. The molecule has 1 aliphatic heterocycles. The van der Waals surface area contributed by atoms with Gasteiger partial charge in [-0.1, -0.05) is 0 Å². The predicted molar refractivity (Wildman–Crippen MR) is 63.3 cm³/mol. The molecule has 1 fully saturated rings. The van der Waals surface area contributed by atoms with Crippen molar-refractivity contribution in [3.63, 3.8) is 0 Å². The minimum Gasteiger partial charge on any atom is -0.359 e. The molecule has 0 spiro atoms. The van der Waals surface area contributed by atoms with Crippen LogP contribution in [0.15, 0.2) is 6.20 Å². The van der Waals surface area contributed by atoms with Crippen LogP contribution in [0.3, 0.4) is 0 Å². The quantitative estimate of drug-likeness (QED) is 0.853. The Morgan fingerprint density at radius 3 is 2.94 bits per heavy atom.